The van der Waals surface area contributed by atoms with Crippen LogP contribution in [0.5, 0.6) is 17.2 Å². The van der Waals surface area contributed by atoms with E-state index in [1.807, 2.05) is 42.5 Å². The van der Waals surface area contributed by atoms with Crippen molar-refractivity contribution in [1.29, 1.82) is 0 Å². The van der Waals surface area contributed by atoms with Gasteiger partial charge in [-0.2, -0.15) is 9.50 Å². The highest BCUT2D eigenvalue weighted by Crippen LogP contribution is 2.28. The predicted octanol–water partition coefficient (Wildman–Crippen LogP) is 4.90. The van der Waals surface area contributed by atoms with Crippen LogP contribution in [-0.2, 0) is 0 Å². The average Bonchev–Trinajstić information content (AvgIpc) is 3.42. The van der Waals surface area contributed by atoms with Crippen LogP contribution in [0.15, 0.2) is 59.9 Å². The van der Waals surface area contributed by atoms with Gasteiger partial charge in [-0.1, -0.05) is 56.2 Å². The molecule has 0 saturated heterocycles. The van der Waals surface area contributed by atoms with Crippen LogP contribution in [-0.4, -0.2) is 34.9 Å². The molecular weight excluding hydrogens is 462 g/mol. The molecule has 0 spiro atoms. The minimum Gasteiger partial charge on any atom is -0.494 e. The minimum atomic E-state index is -0.207. The number of thiazole rings is 1. The number of unbranched alkanes of at least 4 members (excludes halogenated alkanes) is 3. The van der Waals surface area contributed by atoms with Crippen molar-refractivity contribution < 1.29 is 14.2 Å². The molecule has 2 aromatic carbocycles. The second kappa shape index (κ2) is 11.7. The van der Waals surface area contributed by atoms with Gasteiger partial charge in [0.05, 0.1) is 18.2 Å². The van der Waals surface area contributed by atoms with E-state index in [0.29, 0.717) is 40.0 Å². The molecule has 0 aliphatic rings. The van der Waals surface area contributed by atoms with Crippen LogP contribution in [0.25, 0.3) is 22.4 Å². The highest BCUT2D eigenvalue weighted by Gasteiger charge is 2.13. The Morgan fingerprint density at radius 2 is 1.89 bits per heavy atom. The largest absolute Gasteiger partial charge is 0.494 e. The number of fused-ring (bicyclic) bond motifs is 1. The normalized spacial score (nSPS) is 11.7. The number of methoxy groups -OCH3 is 1. The Balaban J connectivity index is 1.51. The van der Waals surface area contributed by atoms with Gasteiger partial charge < -0.3 is 14.2 Å². The summed E-state index contributed by atoms with van der Waals surface area (Å²) in [4.78, 5) is 18.1. The summed E-state index contributed by atoms with van der Waals surface area (Å²) in [6, 6.07) is 13.2. The molecule has 0 aliphatic carbocycles. The number of benzene rings is 2. The van der Waals surface area contributed by atoms with E-state index in [4.69, 9.17) is 14.2 Å². The number of ether oxygens (including phenoxy) is 3. The average molecular weight is 492 g/mol. The van der Waals surface area contributed by atoms with Gasteiger partial charge in [-0.05, 0) is 54.5 Å². The van der Waals surface area contributed by atoms with E-state index in [9.17, 15) is 4.79 Å². The molecule has 2 aromatic heterocycles. The van der Waals surface area contributed by atoms with E-state index in [0.717, 1.165) is 23.3 Å². The Kier molecular flexibility index (Phi) is 8.15. The summed E-state index contributed by atoms with van der Waals surface area (Å²) in [5, 5.41) is 4.44. The monoisotopic (exact) mass is 491 g/mol. The third kappa shape index (κ3) is 5.89. The first kappa shape index (κ1) is 24.5. The van der Waals surface area contributed by atoms with Gasteiger partial charge >= 0.3 is 0 Å². The van der Waals surface area contributed by atoms with E-state index >= 15 is 0 Å². The molecule has 4 rings (SSSR count). The molecule has 0 fully saturated rings. The van der Waals surface area contributed by atoms with Crippen LogP contribution in [0, 0.1) is 0 Å². The van der Waals surface area contributed by atoms with Crippen LogP contribution in [0.3, 0.4) is 0 Å². The number of aromatic nitrogens is 3. The van der Waals surface area contributed by atoms with E-state index in [2.05, 4.69) is 23.6 Å². The third-order valence-electron chi connectivity index (χ3n) is 5.40. The molecule has 7 nitrogen and oxygen atoms in total. The molecule has 2 heterocycles. The molecular formula is C27H29N3O4S. The molecule has 0 amide bonds. The van der Waals surface area contributed by atoms with Crippen LogP contribution >= 0.6 is 11.3 Å². The Morgan fingerprint density at radius 3 is 2.60 bits per heavy atom. The van der Waals surface area contributed by atoms with Gasteiger partial charge in [0.1, 0.15) is 12.4 Å². The molecule has 0 bridgehead atoms. The maximum atomic E-state index is 12.9. The van der Waals surface area contributed by atoms with Crippen LogP contribution in [0.1, 0.15) is 38.2 Å². The Bertz CT molecular complexity index is 1390. The maximum Gasteiger partial charge on any atom is 0.291 e. The van der Waals surface area contributed by atoms with Crippen LogP contribution in [0.4, 0.5) is 0 Å². The van der Waals surface area contributed by atoms with Gasteiger partial charge in [0.2, 0.25) is 4.96 Å². The van der Waals surface area contributed by atoms with Crippen molar-refractivity contribution in [3.05, 3.63) is 75.6 Å². The van der Waals surface area contributed by atoms with E-state index in [1.54, 1.807) is 19.3 Å². The summed E-state index contributed by atoms with van der Waals surface area (Å²) in [5.41, 5.74) is 1.45. The van der Waals surface area contributed by atoms with Crippen molar-refractivity contribution in [2.45, 2.75) is 32.6 Å². The van der Waals surface area contributed by atoms with Crippen LogP contribution in [0.2, 0.25) is 0 Å². The molecule has 0 aliphatic heterocycles. The Labute approximate surface area is 208 Å². The zero-order valence-corrected chi connectivity index (χ0v) is 20.8. The first-order valence-electron chi connectivity index (χ1n) is 11.7. The summed E-state index contributed by atoms with van der Waals surface area (Å²) < 4.78 is 18.7. The van der Waals surface area contributed by atoms with Gasteiger partial charge in [0.15, 0.2) is 17.3 Å². The Morgan fingerprint density at radius 1 is 1.06 bits per heavy atom. The lowest BCUT2D eigenvalue weighted by Gasteiger charge is -2.09. The van der Waals surface area contributed by atoms with E-state index < -0.39 is 0 Å². The summed E-state index contributed by atoms with van der Waals surface area (Å²) in [6.07, 6.45) is 8.16. The zero-order valence-electron chi connectivity index (χ0n) is 20.0. The number of hydrogen-bond acceptors (Lipinski definition) is 7. The molecule has 0 N–H and O–H groups in total. The maximum absolute atomic E-state index is 12.9. The number of rotatable bonds is 12. The molecule has 0 atom stereocenters. The molecule has 0 saturated carbocycles. The van der Waals surface area contributed by atoms with Crippen molar-refractivity contribution in [2.24, 2.45) is 0 Å². The SMILES string of the molecule is C=CCOc1ccc(/C=c2\sc3nc(-c4ccc(OCCCCCC)cc4)nn3c2=O)cc1OC. The second-order valence-electron chi connectivity index (χ2n) is 7.99. The number of nitrogens with zero attached hydrogens (tertiary/aromatic N) is 3. The third-order valence-corrected chi connectivity index (χ3v) is 6.36. The highest BCUT2D eigenvalue weighted by molar-refractivity contribution is 7.15. The topological polar surface area (TPSA) is 75.0 Å². The number of hydrogen-bond donors (Lipinski definition) is 0. The first-order valence-corrected chi connectivity index (χ1v) is 12.5. The summed E-state index contributed by atoms with van der Waals surface area (Å²) >= 11 is 1.30. The smallest absolute Gasteiger partial charge is 0.291 e. The lowest BCUT2D eigenvalue weighted by molar-refractivity contribution is 0.305. The van der Waals surface area contributed by atoms with Gasteiger partial charge in [-0.25, -0.2) is 0 Å². The zero-order chi connectivity index (χ0) is 24.6. The van der Waals surface area contributed by atoms with E-state index in [-0.39, 0.29) is 5.56 Å². The van der Waals surface area contributed by atoms with Crippen molar-refractivity contribution in [3.63, 3.8) is 0 Å². The molecule has 182 valence electrons. The quantitative estimate of drug-likeness (QED) is 0.207. The van der Waals surface area contributed by atoms with Gasteiger partial charge in [-0.3, -0.25) is 4.79 Å². The predicted molar refractivity (Wildman–Crippen MR) is 140 cm³/mol. The lowest BCUT2D eigenvalue weighted by atomic mass is 10.2. The van der Waals surface area contributed by atoms with Crippen molar-refractivity contribution in [2.75, 3.05) is 20.3 Å². The van der Waals surface area contributed by atoms with E-state index in [1.165, 1.54) is 35.1 Å². The molecule has 4 aromatic rings. The molecule has 0 unspecified atom stereocenters. The summed E-state index contributed by atoms with van der Waals surface area (Å²) in [6.45, 7) is 6.95. The Hall–Kier alpha value is -3.65. The van der Waals surface area contributed by atoms with Crippen molar-refractivity contribution in [1.82, 2.24) is 14.6 Å². The second-order valence-corrected chi connectivity index (χ2v) is 9.00. The molecule has 8 heteroatoms. The molecule has 35 heavy (non-hydrogen) atoms. The standard InChI is InChI=1S/C27H29N3O4S/c1-4-6-7-8-16-33-21-12-10-20(11-13-21)25-28-27-30(29-25)26(31)24(35-27)18-19-9-14-22(34-15-5-2)23(17-19)32-3/h5,9-14,17-18H,2,4,6-8,15-16H2,1,3H3/b24-18-. The fourth-order valence-electron chi connectivity index (χ4n) is 3.57. The summed E-state index contributed by atoms with van der Waals surface area (Å²) in [5.74, 6) is 2.54. The highest BCUT2D eigenvalue weighted by atomic mass is 32.1. The van der Waals surface area contributed by atoms with Crippen LogP contribution < -0.4 is 24.3 Å². The fraction of sp³-hybridized carbons (Fsp3) is 0.296. The first-order chi connectivity index (χ1) is 17.1. The van der Waals surface area contributed by atoms with Crippen molar-refractivity contribution >= 4 is 22.4 Å². The molecule has 0 radical (unpaired) electrons. The lowest BCUT2D eigenvalue weighted by Crippen LogP contribution is -2.23. The van der Waals surface area contributed by atoms with Gasteiger partial charge in [0, 0.05) is 5.56 Å². The minimum absolute atomic E-state index is 0.207. The van der Waals surface area contributed by atoms with Crippen molar-refractivity contribution in [3.8, 4) is 28.6 Å². The fourth-order valence-corrected chi connectivity index (χ4v) is 4.48. The van der Waals surface area contributed by atoms with Gasteiger partial charge in [0.25, 0.3) is 5.56 Å². The summed E-state index contributed by atoms with van der Waals surface area (Å²) in [7, 11) is 1.58. The van der Waals surface area contributed by atoms with Gasteiger partial charge in [-0.15, -0.1) is 5.10 Å².